The maximum Gasteiger partial charge on any atom is 0.310 e. The van der Waals surface area contributed by atoms with Crippen molar-refractivity contribution in [2.75, 3.05) is 6.54 Å². The number of carbonyl (C=O) groups excluding carboxylic acids is 2. The number of rotatable bonds is 16. The van der Waals surface area contributed by atoms with Crippen LogP contribution in [0.3, 0.4) is 0 Å². The fraction of sp³-hybridized carbons (Fsp3) is 0.826. The maximum absolute atomic E-state index is 12.4. The van der Waals surface area contributed by atoms with E-state index in [0.29, 0.717) is 6.42 Å². The van der Waals surface area contributed by atoms with E-state index in [1.54, 1.807) is 0 Å². The van der Waals surface area contributed by atoms with E-state index in [0.717, 1.165) is 45.1 Å². The quantitative estimate of drug-likeness (QED) is 0.198. The molecule has 0 unspecified atom stereocenters. The molecule has 0 aromatic carbocycles. The van der Waals surface area contributed by atoms with Gasteiger partial charge in [0.2, 0.25) is 5.91 Å². The molecular formula is C23H43NO3. The van der Waals surface area contributed by atoms with Gasteiger partial charge in [-0.25, -0.2) is 0 Å². The number of esters is 1. The van der Waals surface area contributed by atoms with Gasteiger partial charge < -0.3 is 10.1 Å². The molecule has 0 atom stereocenters. The molecule has 0 aromatic heterocycles. The van der Waals surface area contributed by atoms with Gasteiger partial charge in [-0.2, -0.15) is 0 Å². The zero-order valence-electron chi connectivity index (χ0n) is 18.5. The highest BCUT2D eigenvalue weighted by molar-refractivity contribution is 5.81. The average Bonchev–Trinajstić information content (AvgIpc) is 2.58. The molecule has 0 radical (unpaired) electrons. The van der Waals surface area contributed by atoms with Gasteiger partial charge in [-0.05, 0) is 24.7 Å². The summed E-state index contributed by atoms with van der Waals surface area (Å²) >= 11 is 0. The van der Waals surface area contributed by atoms with Crippen LogP contribution >= 0.6 is 0 Å². The van der Waals surface area contributed by atoms with Crippen LogP contribution in [0.1, 0.15) is 105 Å². The van der Waals surface area contributed by atoms with Crippen molar-refractivity contribution >= 4 is 11.9 Å². The van der Waals surface area contributed by atoms with E-state index in [2.05, 4.69) is 51.3 Å². The average molecular weight is 382 g/mol. The monoisotopic (exact) mass is 381 g/mol. The van der Waals surface area contributed by atoms with E-state index in [9.17, 15) is 9.59 Å². The first kappa shape index (κ1) is 25.7. The van der Waals surface area contributed by atoms with Crippen molar-refractivity contribution in [3.05, 3.63) is 12.8 Å². The van der Waals surface area contributed by atoms with Gasteiger partial charge >= 0.3 is 5.97 Å². The first-order valence-corrected chi connectivity index (χ1v) is 10.7. The van der Waals surface area contributed by atoms with Crippen molar-refractivity contribution in [3.63, 3.8) is 0 Å². The van der Waals surface area contributed by atoms with Gasteiger partial charge in [0.1, 0.15) is 0 Å². The SMILES string of the molecule is C=COC(=O)CCCCCCCCCCNC(=O)C(C)(C)CC(C)(C)CC. The van der Waals surface area contributed by atoms with E-state index >= 15 is 0 Å². The molecule has 1 amide bonds. The number of ether oxygens (including phenoxy) is 1. The van der Waals surface area contributed by atoms with Gasteiger partial charge in [0.15, 0.2) is 0 Å². The van der Waals surface area contributed by atoms with Gasteiger partial charge in [-0.1, -0.05) is 86.1 Å². The van der Waals surface area contributed by atoms with E-state index in [-0.39, 0.29) is 22.7 Å². The zero-order chi connectivity index (χ0) is 20.8. The van der Waals surface area contributed by atoms with Gasteiger partial charge in [-0.3, -0.25) is 9.59 Å². The predicted molar refractivity (Wildman–Crippen MR) is 113 cm³/mol. The van der Waals surface area contributed by atoms with Crippen LogP contribution in [-0.2, 0) is 14.3 Å². The molecule has 158 valence electrons. The second-order valence-electron chi connectivity index (χ2n) is 9.07. The molecule has 0 aliphatic carbocycles. The fourth-order valence-electron chi connectivity index (χ4n) is 3.45. The Morgan fingerprint density at radius 1 is 0.926 bits per heavy atom. The molecule has 27 heavy (non-hydrogen) atoms. The first-order chi connectivity index (χ1) is 12.6. The number of hydrogen-bond donors (Lipinski definition) is 1. The first-order valence-electron chi connectivity index (χ1n) is 10.7. The fourth-order valence-corrected chi connectivity index (χ4v) is 3.45. The highest BCUT2D eigenvalue weighted by Crippen LogP contribution is 2.36. The third-order valence-electron chi connectivity index (χ3n) is 5.30. The van der Waals surface area contributed by atoms with Crippen LogP contribution in [-0.4, -0.2) is 18.4 Å². The number of nitrogens with one attached hydrogen (secondary N) is 1. The lowest BCUT2D eigenvalue weighted by molar-refractivity contribution is -0.138. The van der Waals surface area contributed by atoms with Crippen LogP contribution in [0.2, 0.25) is 0 Å². The Morgan fingerprint density at radius 2 is 1.44 bits per heavy atom. The second-order valence-corrected chi connectivity index (χ2v) is 9.07. The number of amides is 1. The third kappa shape index (κ3) is 13.5. The van der Waals surface area contributed by atoms with Crippen LogP contribution in [0.15, 0.2) is 12.8 Å². The summed E-state index contributed by atoms with van der Waals surface area (Å²) in [6.07, 6.45) is 12.7. The summed E-state index contributed by atoms with van der Waals surface area (Å²) in [7, 11) is 0. The van der Waals surface area contributed by atoms with Crippen molar-refractivity contribution in [2.24, 2.45) is 10.8 Å². The summed E-state index contributed by atoms with van der Waals surface area (Å²) < 4.78 is 4.69. The Morgan fingerprint density at radius 3 is 1.96 bits per heavy atom. The van der Waals surface area contributed by atoms with Gasteiger partial charge in [0.05, 0.1) is 6.26 Å². The predicted octanol–water partition coefficient (Wildman–Crippen LogP) is 6.15. The van der Waals surface area contributed by atoms with E-state index in [4.69, 9.17) is 0 Å². The zero-order valence-corrected chi connectivity index (χ0v) is 18.5. The van der Waals surface area contributed by atoms with Gasteiger partial charge in [0, 0.05) is 18.4 Å². The molecule has 4 heteroatoms. The number of hydrogen-bond acceptors (Lipinski definition) is 3. The highest BCUT2D eigenvalue weighted by atomic mass is 16.5. The molecule has 0 saturated carbocycles. The Bertz CT molecular complexity index is 441. The minimum absolute atomic E-state index is 0.180. The van der Waals surface area contributed by atoms with Crippen molar-refractivity contribution < 1.29 is 14.3 Å². The summed E-state index contributed by atoms with van der Waals surface area (Å²) in [4.78, 5) is 23.6. The molecular weight excluding hydrogens is 338 g/mol. The molecule has 0 rings (SSSR count). The van der Waals surface area contributed by atoms with Crippen molar-refractivity contribution in [1.82, 2.24) is 5.32 Å². The molecule has 0 aliphatic heterocycles. The van der Waals surface area contributed by atoms with Crippen LogP contribution < -0.4 is 5.32 Å². The Hall–Kier alpha value is -1.32. The van der Waals surface area contributed by atoms with Crippen LogP contribution in [0, 0.1) is 10.8 Å². The normalized spacial score (nSPS) is 11.9. The third-order valence-corrected chi connectivity index (χ3v) is 5.30. The molecule has 0 aromatic rings. The van der Waals surface area contributed by atoms with Gasteiger partial charge in [-0.15, -0.1) is 0 Å². The minimum atomic E-state index is -0.308. The molecule has 0 bridgehead atoms. The molecule has 4 nitrogen and oxygen atoms in total. The summed E-state index contributed by atoms with van der Waals surface area (Å²) in [6.45, 7) is 14.9. The van der Waals surface area contributed by atoms with Crippen LogP contribution in [0.25, 0.3) is 0 Å². The summed E-state index contributed by atoms with van der Waals surface area (Å²) in [5.74, 6) is -0.00696. The largest absolute Gasteiger partial charge is 0.435 e. The molecule has 0 heterocycles. The highest BCUT2D eigenvalue weighted by Gasteiger charge is 2.33. The van der Waals surface area contributed by atoms with E-state index < -0.39 is 0 Å². The second kappa shape index (κ2) is 13.8. The summed E-state index contributed by atoms with van der Waals surface area (Å²) in [6, 6.07) is 0. The lowest BCUT2D eigenvalue weighted by Gasteiger charge is -2.33. The number of carbonyl (C=O) groups is 2. The molecule has 1 N–H and O–H groups in total. The topological polar surface area (TPSA) is 55.4 Å². The molecule has 0 spiro atoms. The Balaban J connectivity index is 3.62. The van der Waals surface area contributed by atoms with Crippen LogP contribution in [0.5, 0.6) is 0 Å². The van der Waals surface area contributed by atoms with Crippen molar-refractivity contribution in [3.8, 4) is 0 Å². The lowest BCUT2D eigenvalue weighted by Crippen LogP contribution is -2.40. The molecule has 0 saturated heterocycles. The Labute approximate surface area is 167 Å². The number of unbranched alkanes of at least 4 members (excludes halogenated alkanes) is 7. The van der Waals surface area contributed by atoms with Gasteiger partial charge in [0.25, 0.3) is 0 Å². The molecule has 0 fully saturated rings. The Kier molecular flexibility index (Phi) is 13.1. The molecule has 0 aliphatic rings. The van der Waals surface area contributed by atoms with E-state index in [1.165, 1.54) is 31.9 Å². The summed E-state index contributed by atoms with van der Waals surface area (Å²) in [5.41, 5.74) is -0.107. The van der Waals surface area contributed by atoms with Crippen LogP contribution in [0.4, 0.5) is 0 Å². The van der Waals surface area contributed by atoms with Crippen molar-refractivity contribution in [1.29, 1.82) is 0 Å². The smallest absolute Gasteiger partial charge is 0.310 e. The van der Waals surface area contributed by atoms with E-state index in [1.807, 2.05) is 0 Å². The standard InChI is InChI=1S/C23H43NO3/c1-7-22(3,4)19-23(5,6)21(26)24-18-16-14-12-10-9-11-13-15-17-20(25)27-8-2/h8H,2,7,9-19H2,1,3-6H3,(H,24,26). The summed E-state index contributed by atoms with van der Waals surface area (Å²) in [5, 5.41) is 3.12. The lowest BCUT2D eigenvalue weighted by atomic mass is 9.73. The van der Waals surface area contributed by atoms with Crippen molar-refractivity contribution in [2.45, 2.75) is 105 Å². The maximum atomic E-state index is 12.4. The minimum Gasteiger partial charge on any atom is -0.435 e.